The molecule has 1 aromatic carbocycles. The van der Waals surface area contributed by atoms with Crippen molar-refractivity contribution in [3.05, 3.63) is 30.1 Å². The van der Waals surface area contributed by atoms with Crippen LogP contribution in [0, 0.1) is 0 Å². The van der Waals surface area contributed by atoms with Crippen molar-refractivity contribution in [2.75, 3.05) is 30.8 Å². The number of rotatable bonds is 1. The van der Waals surface area contributed by atoms with E-state index in [-0.39, 0.29) is 12.1 Å². The molecular weight excluding hydrogens is 330 g/mol. The summed E-state index contributed by atoms with van der Waals surface area (Å²) in [5.41, 5.74) is 10.9. The fourth-order valence-electron chi connectivity index (χ4n) is 3.68. The van der Waals surface area contributed by atoms with Crippen LogP contribution >= 0.6 is 0 Å². The summed E-state index contributed by atoms with van der Waals surface area (Å²) < 4.78 is 7.49. The molecule has 2 aliphatic heterocycles. The largest absolute Gasteiger partial charge is 0.444 e. The number of anilines is 2. The maximum absolute atomic E-state index is 12.1. The first-order valence-electron chi connectivity index (χ1n) is 8.89. The van der Waals surface area contributed by atoms with Crippen molar-refractivity contribution in [1.29, 1.82) is 0 Å². The number of aromatic nitrogens is 2. The Morgan fingerprint density at radius 3 is 2.69 bits per heavy atom. The molecule has 1 aromatic heterocycles. The maximum atomic E-state index is 12.1. The van der Waals surface area contributed by atoms with Crippen LogP contribution in [0.25, 0.3) is 11.1 Å². The first-order valence-corrected chi connectivity index (χ1v) is 8.89. The topological polar surface area (TPSA) is 76.6 Å². The molecule has 3 heterocycles. The average molecular weight is 355 g/mol. The van der Waals surface area contributed by atoms with E-state index in [9.17, 15) is 4.79 Å². The number of hydrogen-bond donors (Lipinski definition) is 1. The van der Waals surface area contributed by atoms with Gasteiger partial charge in [0.15, 0.2) is 0 Å². The number of amides is 1. The molecular formula is C19H25N5O2. The molecule has 2 N–H and O–H groups in total. The highest BCUT2D eigenvalue weighted by Crippen LogP contribution is 2.42. The van der Waals surface area contributed by atoms with E-state index in [1.165, 1.54) is 5.69 Å². The van der Waals surface area contributed by atoms with Crippen molar-refractivity contribution >= 4 is 17.5 Å². The molecule has 1 fully saturated rings. The molecule has 4 rings (SSSR count). The Labute approximate surface area is 153 Å². The smallest absolute Gasteiger partial charge is 0.410 e. The number of carbonyl (C=O) groups excluding carboxylic acids is 1. The average Bonchev–Trinajstić information content (AvgIpc) is 2.88. The highest BCUT2D eigenvalue weighted by Gasteiger charge is 2.37. The normalized spacial score (nSPS) is 16.8. The Balaban J connectivity index is 1.55. The van der Waals surface area contributed by atoms with Crippen molar-refractivity contribution < 1.29 is 9.53 Å². The van der Waals surface area contributed by atoms with Crippen LogP contribution in [0.2, 0.25) is 0 Å². The molecule has 0 saturated carbocycles. The number of hydrogen-bond acceptors (Lipinski definition) is 5. The summed E-state index contributed by atoms with van der Waals surface area (Å²) in [5.74, 6) is 0. The Morgan fingerprint density at radius 1 is 1.27 bits per heavy atom. The van der Waals surface area contributed by atoms with E-state index >= 15 is 0 Å². The third kappa shape index (κ3) is 2.67. The van der Waals surface area contributed by atoms with Gasteiger partial charge < -0.3 is 20.3 Å². The summed E-state index contributed by atoms with van der Waals surface area (Å²) in [6.45, 7) is 7.63. The number of carbonyl (C=O) groups is 1. The number of ether oxygens (including phenoxy) is 1. The van der Waals surface area contributed by atoms with Gasteiger partial charge in [-0.25, -0.2) is 4.79 Å². The number of fused-ring (bicyclic) bond motifs is 3. The van der Waals surface area contributed by atoms with Crippen LogP contribution < -0.4 is 10.6 Å². The van der Waals surface area contributed by atoms with Gasteiger partial charge in [0.2, 0.25) is 0 Å². The number of nitrogen functional groups attached to an aromatic ring is 1. The maximum Gasteiger partial charge on any atom is 0.410 e. The van der Waals surface area contributed by atoms with Crippen LogP contribution in [-0.2, 0) is 11.3 Å². The van der Waals surface area contributed by atoms with Gasteiger partial charge in [0.1, 0.15) is 5.60 Å². The van der Waals surface area contributed by atoms with E-state index in [4.69, 9.17) is 10.5 Å². The molecule has 2 aliphatic rings. The highest BCUT2D eigenvalue weighted by molar-refractivity contribution is 5.89. The minimum Gasteiger partial charge on any atom is -0.444 e. The van der Waals surface area contributed by atoms with Crippen molar-refractivity contribution in [2.24, 2.45) is 0 Å². The van der Waals surface area contributed by atoms with Crippen molar-refractivity contribution in [2.45, 2.75) is 39.0 Å². The summed E-state index contributed by atoms with van der Waals surface area (Å²) in [5, 5.41) is 4.62. The second kappa shape index (κ2) is 5.65. The minimum atomic E-state index is -0.473. The minimum absolute atomic E-state index is 0.183. The number of likely N-dealkylation sites (tertiary alicyclic amines) is 1. The van der Waals surface area contributed by atoms with Crippen LogP contribution in [0.4, 0.5) is 16.2 Å². The van der Waals surface area contributed by atoms with E-state index in [1.54, 1.807) is 4.90 Å². The van der Waals surface area contributed by atoms with Crippen LogP contribution in [0.1, 0.15) is 32.5 Å². The molecule has 2 aromatic rings. The third-order valence-corrected chi connectivity index (χ3v) is 4.88. The van der Waals surface area contributed by atoms with E-state index in [1.807, 2.05) is 46.1 Å². The molecule has 7 nitrogen and oxygen atoms in total. The van der Waals surface area contributed by atoms with Gasteiger partial charge in [-0.05, 0) is 26.8 Å². The summed E-state index contributed by atoms with van der Waals surface area (Å²) >= 11 is 0. The summed E-state index contributed by atoms with van der Waals surface area (Å²) in [6.07, 6.45) is 1.65. The van der Waals surface area contributed by atoms with Crippen LogP contribution in [0.5, 0.6) is 0 Å². The predicted molar refractivity (Wildman–Crippen MR) is 101 cm³/mol. The third-order valence-electron chi connectivity index (χ3n) is 4.88. The molecule has 0 bridgehead atoms. The fourth-order valence-corrected chi connectivity index (χ4v) is 3.68. The van der Waals surface area contributed by atoms with Gasteiger partial charge in [-0.1, -0.05) is 12.1 Å². The molecule has 0 spiro atoms. The number of para-hydroxylation sites is 1. The Bertz CT molecular complexity index is 861. The standard InChI is InChI=1S/C19H25N5O2/c1-19(2,3)26-18(25)23-9-12(10-23)24-16-11-22(4)17-13(14(16)8-21-24)6-5-7-15(17)20/h5-8,12H,9-11,20H2,1-4H3. The first kappa shape index (κ1) is 16.8. The lowest BCUT2D eigenvalue weighted by atomic mass is 9.97. The van der Waals surface area contributed by atoms with Crippen LogP contribution in [-0.4, -0.2) is 46.5 Å². The van der Waals surface area contributed by atoms with Gasteiger partial charge in [0.25, 0.3) is 0 Å². The van der Waals surface area contributed by atoms with Gasteiger partial charge in [-0.2, -0.15) is 5.10 Å². The van der Waals surface area contributed by atoms with Gasteiger partial charge in [-0.3, -0.25) is 4.68 Å². The Kier molecular flexibility index (Phi) is 3.64. The molecule has 0 aliphatic carbocycles. The zero-order valence-electron chi connectivity index (χ0n) is 15.7. The lowest BCUT2D eigenvalue weighted by molar-refractivity contribution is -0.000752. The molecule has 26 heavy (non-hydrogen) atoms. The quantitative estimate of drug-likeness (QED) is 0.796. The number of nitrogens with two attached hydrogens (primary N) is 1. The molecule has 0 unspecified atom stereocenters. The fraction of sp³-hybridized carbons (Fsp3) is 0.474. The van der Waals surface area contributed by atoms with Crippen molar-refractivity contribution in [3.63, 3.8) is 0 Å². The Morgan fingerprint density at radius 2 is 2.00 bits per heavy atom. The lowest BCUT2D eigenvalue weighted by Crippen LogP contribution is -2.52. The zero-order valence-corrected chi connectivity index (χ0v) is 15.7. The zero-order chi connectivity index (χ0) is 18.6. The van der Waals surface area contributed by atoms with Crippen molar-refractivity contribution in [1.82, 2.24) is 14.7 Å². The Hall–Kier alpha value is -2.70. The van der Waals surface area contributed by atoms with E-state index < -0.39 is 5.60 Å². The molecule has 1 saturated heterocycles. The molecule has 0 radical (unpaired) electrons. The van der Waals surface area contributed by atoms with E-state index in [2.05, 4.69) is 20.7 Å². The molecule has 7 heteroatoms. The van der Waals surface area contributed by atoms with E-state index in [0.717, 1.165) is 29.0 Å². The van der Waals surface area contributed by atoms with Gasteiger partial charge in [0, 0.05) is 31.3 Å². The molecule has 0 atom stereocenters. The predicted octanol–water partition coefficient (Wildman–Crippen LogP) is 2.87. The van der Waals surface area contributed by atoms with Crippen LogP contribution in [0.15, 0.2) is 24.4 Å². The first-order chi connectivity index (χ1) is 12.2. The number of nitrogens with zero attached hydrogens (tertiary/aromatic N) is 4. The summed E-state index contributed by atoms with van der Waals surface area (Å²) in [7, 11) is 2.04. The summed E-state index contributed by atoms with van der Waals surface area (Å²) in [4.78, 5) is 16.0. The molecule has 138 valence electrons. The SMILES string of the molecule is CN1Cc2c(cnn2C2CN(C(=O)OC(C)(C)C)C2)-c2cccc(N)c21. The number of benzene rings is 1. The van der Waals surface area contributed by atoms with Crippen molar-refractivity contribution in [3.8, 4) is 11.1 Å². The second-order valence-corrected chi connectivity index (χ2v) is 8.09. The second-order valence-electron chi connectivity index (χ2n) is 8.09. The lowest BCUT2D eigenvalue weighted by Gasteiger charge is -2.41. The van der Waals surface area contributed by atoms with E-state index in [0.29, 0.717) is 13.1 Å². The monoisotopic (exact) mass is 355 g/mol. The van der Waals surface area contributed by atoms with Gasteiger partial charge in [0.05, 0.1) is 35.9 Å². The van der Waals surface area contributed by atoms with Gasteiger partial charge >= 0.3 is 6.09 Å². The summed E-state index contributed by atoms with van der Waals surface area (Å²) in [6, 6.07) is 6.17. The molecule has 1 amide bonds. The van der Waals surface area contributed by atoms with Gasteiger partial charge in [-0.15, -0.1) is 0 Å². The van der Waals surface area contributed by atoms with Crippen LogP contribution in [0.3, 0.4) is 0 Å². The highest BCUT2D eigenvalue weighted by atomic mass is 16.6.